The fourth-order valence-electron chi connectivity index (χ4n) is 1.22. The van der Waals surface area contributed by atoms with Crippen molar-refractivity contribution in [1.29, 1.82) is 0 Å². The minimum absolute atomic E-state index is 0.191. The second kappa shape index (κ2) is 4.23. The number of aromatic nitrogens is 2. The smallest absolute Gasteiger partial charge is 0.0807 e. The molecule has 0 amide bonds. The molecule has 12 heavy (non-hydrogen) atoms. The number of hydrogen-bond acceptors (Lipinski definition) is 3. The van der Waals surface area contributed by atoms with Crippen LogP contribution in [0.5, 0.6) is 0 Å². The minimum atomic E-state index is 0.191. The highest BCUT2D eigenvalue weighted by atomic mass is 15.3. The summed E-state index contributed by atoms with van der Waals surface area (Å²) in [5, 5.41) is 4.27. The highest BCUT2D eigenvalue weighted by Crippen LogP contribution is 2.14. The van der Waals surface area contributed by atoms with E-state index in [-0.39, 0.29) is 6.04 Å². The molecule has 1 rings (SSSR count). The third kappa shape index (κ3) is 2.06. The van der Waals surface area contributed by atoms with Crippen LogP contribution in [0.25, 0.3) is 0 Å². The van der Waals surface area contributed by atoms with E-state index in [1.807, 2.05) is 19.3 Å². The van der Waals surface area contributed by atoms with Gasteiger partial charge in [0.05, 0.1) is 11.7 Å². The lowest BCUT2D eigenvalue weighted by Crippen LogP contribution is -2.28. The van der Waals surface area contributed by atoms with Gasteiger partial charge in [0, 0.05) is 13.2 Å². The first-order valence-corrected chi connectivity index (χ1v) is 4.23. The molecule has 0 radical (unpaired) electrons. The van der Waals surface area contributed by atoms with Gasteiger partial charge in [0.15, 0.2) is 0 Å². The van der Waals surface area contributed by atoms with E-state index in [9.17, 15) is 0 Å². The first-order valence-electron chi connectivity index (χ1n) is 4.23. The van der Waals surface area contributed by atoms with Crippen LogP contribution in [0, 0.1) is 0 Å². The quantitative estimate of drug-likeness (QED) is 0.514. The molecule has 0 aromatic carbocycles. The van der Waals surface area contributed by atoms with Crippen LogP contribution in [0.1, 0.15) is 31.5 Å². The molecule has 0 bridgehead atoms. The predicted molar refractivity (Wildman–Crippen MR) is 48.2 cm³/mol. The van der Waals surface area contributed by atoms with E-state index in [4.69, 9.17) is 5.84 Å². The molecule has 1 aromatic rings. The lowest BCUT2D eigenvalue weighted by molar-refractivity contribution is 0.492. The SMILES string of the molecule is CCCC(NN)c1ccn(C)n1. The van der Waals surface area contributed by atoms with Gasteiger partial charge in [0.2, 0.25) is 0 Å². The molecule has 1 heterocycles. The summed E-state index contributed by atoms with van der Waals surface area (Å²) in [6, 6.07) is 2.18. The van der Waals surface area contributed by atoms with Gasteiger partial charge >= 0.3 is 0 Å². The van der Waals surface area contributed by atoms with E-state index in [0.29, 0.717) is 0 Å². The summed E-state index contributed by atoms with van der Waals surface area (Å²) in [6.07, 6.45) is 4.05. The van der Waals surface area contributed by atoms with Crippen molar-refractivity contribution in [2.45, 2.75) is 25.8 Å². The van der Waals surface area contributed by atoms with Crippen LogP contribution >= 0.6 is 0 Å². The monoisotopic (exact) mass is 168 g/mol. The first-order chi connectivity index (χ1) is 5.77. The summed E-state index contributed by atoms with van der Waals surface area (Å²) >= 11 is 0. The van der Waals surface area contributed by atoms with Crippen LogP contribution in [-0.2, 0) is 7.05 Å². The van der Waals surface area contributed by atoms with E-state index in [1.54, 1.807) is 4.68 Å². The van der Waals surface area contributed by atoms with Gasteiger partial charge in [-0.3, -0.25) is 16.0 Å². The molecule has 4 nitrogen and oxygen atoms in total. The van der Waals surface area contributed by atoms with Gasteiger partial charge in [0.25, 0.3) is 0 Å². The zero-order valence-electron chi connectivity index (χ0n) is 7.62. The van der Waals surface area contributed by atoms with Crippen molar-refractivity contribution < 1.29 is 0 Å². The van der Waals surface area contributed by atoms with Crippen LogP contribution < -0.4 is 11.3 Å². The van der Waals surface area contributed by atoms with Crippen LogP contribution in [0.3, 0.4) is 0 Å². The van der Waals surface area contributed by atoms with Crippen molar-refractivity contribution in [3.63, 3.8) is 0 Å². The van der Waals surface area contributed by atoms with Gasteiger partial charge in [0.1, 0.15) is 0 Å². The minimum Gasteiger partial charge on any atom is -0.275 e. The molecule has 3 N–H and O–H groups in total. The Hall–Kier alpha value is -0.870. The van der Waals surface area contributed by atoms with Crippen molar-refractivity contribution >= 4 is 0 Å². The fraction of sp³-hybridized carbons (Fsp3) is 0.625. The molecule has 1 aromatic heterocycles. The Labute approximate surface area is 72.7 Å². The largest absolute Gasteiger partial charge is 0.275 e. The summed E-state index contributed by atoms with van der Waals surface area (Å²) in [5.74, 6) is 5.40. The van der Waals surface area contributed by atoms with Gasteiger partial charge < -0.3 is 0 Å². The Morgan fingerprint density at radius 2 is 2.50 bits per heavy atom. The Bertz CT molecular complexity index is 231. The molecule has 0 saturated carbocycles. The third-order valence-corrected chi connectivity index (χ3v) is 1.87. The van der Waals surface area contributed by atoms with Crippen molar-refractivity contribution in [1.82, 2.24) is 15.2 Å². The molecule has 1 unspecified atom stereocenters. The van der Waals surface area contributed by atoms with Gasteiger partial charge in [-0.1, -0.05) is 13.3 Å². The van der Waals surface area contributed by atoms with Crippen LogP contribution in [0.4, 0.5) is 0 Å². The molecule has 1 atom stereocenters. The Balaban J connectivity index is 2.66. The fourth-order valence-corrected chi connectivity index (χ4v) is 1.22. The molecule has 0 aliphatic carbocycles. The summed E-state index contributed by atoms with van der Waals surface area (Å²) in [6.45, 7) is 2.13. The molecule has 0 spiro atoms. The molecule has 68 valence electrons. The third-order valence-electron chi connectivity index (χ3n) is 1.87. The van der Waals surface area contributed by atoms with Gasteiger partial charge in [-0.15, -0.1) is 0 Å². The maximum Gasteiger partial charge on any atom is 0.0807 e. The summed E-state index contributed by atoms with van der Waals surface area (Å²) in [4.78, 5) is 0. The van der Waals surface area contributed by atoms with E-state index < -0.39 is 0 Å². The summed E-state index contributed by atoms with van der Waals surface area (Å²) in [5.41, 5.74) is 3.77. The van der Waals surface area contributed by atoms with Crippen molar-refractivity contribution in [2.75, 3.05) is 0 Å². The molecular weight excluding hydrogens is 152 g/mol. The lowest BCUT2D eigenvalue weighted by Gasteiger charge is -2.11. The van der Waals surface area contributed by atoms with Gasteiger partial charge in [-0.2, -0.15) is 5.10 Å². The van der Waals surface area contributed by atoms with Crippen molar-refractivity contribution in [3.8, 4) is 0 Å². The molecule has 0 aliphatic rings. The number of nitrogens with zero attached hydrogens (tertiary/aromatic N) is 2. The molecule has 4 heteroatoms. The Morgan fingerprint density at radius 1 is 1.75 bits per heavy atom. The average Bonchev–Trinajstić information content (AvgIpc) is 2.47. The zero-order chi connectivity index (χ0) is 8.97. The maximum absolute atomic E-state index is 5.40. The van der Waals surface area contributed by atoms with E-state index in [1.165, 1.54) is 0 Å². The number of hydrogen-bond donors (Lipinski definition) is 2. The summed E-state index contributed by atoms with van der Waals surface area (Å²) < 4.78 is 1.79. The standard InChI is InChI=1S/C8H16N4/c1-3-4-7(10-9)8-5-6-12(2)11-8/h5-7,10H,3-4,9H2,1-2H3. The second-order valence-electron chi connectivity index (χ2n) is 2.92. The maximum atomic E-state index is 5.40. The van der Waals surface area contributed by atoms with E-state index >= 15 is 0 Å². The summed E-state index contributed by atoms with van der Waals surface area (Å²) in [7, 11) is 1.91. The van der Waals surface area contributed by atoms with Crippen LogP contribution in [0.15, 0.2) is 12.3 Å². The average molecular weight is 168 g/mol. The first kappa shape index (κ1) is 9.22. The van der Waals surface area contributed by atoms with E-state index in [2.05, 4.69) is 17.4 Å². The zero-order valence-corrected chi connectivity index (χ0v) is 7.62. The predicted octanol–water partition coefficient (Wildman–Crippen LogP) is 0.725. The number of nitrogens with one attached hydrogen (secondary N) is 1. The number of nitrogens with two attached hydrogens (primary N) is 1. The van der Waals surface area contributed by atoms with Gasteiger partial charge in [-0.05, 0) is 12.5 Å². The van der Waals surface area contributed by atoms with E-state index in [0.717, 1.165) is 18.5 Å². The Morgan fingerprint density at radius 3 is 2.92 bits per heavy atom. The number of aryl methyl sites for hydroxylation is 1. The van der Waals surface area contributed by atoms with Crippen LogP contribution in [-0.4, -0.2) is 9.78 Å². The highest BCUT2D eigenvalue weighted by molar-refractivity contribution is 5.04. The molecular formula is C8H16N4. The molecule has 0 saturated heterocycles. The van der Waals surface area contributed by atoms with Crippen molar-refractivity contribution in [2.24, 2.45) is 12.9 Å². The highest BCUT2D eigenvalue weighted by Gasteiger charge is 2.10. The number of hydrazine groups is 1. The topological polar surface area (TPSA) is 55.9 Å². The van der Waals surface area contributed by atoms with Gasteiger partial charge in [-0.25, -0.2) is 0 Å². The van der Waals surface area contributed by atoms with Crippen LogP contribution in [0.2, 0.25) is 0 Å². The Kier molecular flexibility index (Phi) is 3.25. The second-order valence-corrected chi connectivity index (χ2v) is 2.92. The normalized spacial score (nSPS) is 13.2. The molecule has 0 fully saturated rings. The molecule has 0 aliphatic heterocycles. The van der Waals surface area contributed by atoms with Crippen molar-refractivity contribution in [3.05, 3.63) is 18.0 Å². The number of rotatable bonds is 4. The lowest BCUT2D eigenvalue weighted by atomic mass is 10.1.